The average Bonchev–Trinajstić information content (AvgIpc) is 2.96. The van der Waals surface area contributed by atoms with E-state index in [9.17, 15) is 22.8 Å². The van der Waals surface area contributed by atoms with E-state index in [2.05, 4.69) is 4.98 Å². The van der Waals surface area contributed by atoms with Crippen LogP contribution in [0.1, 0.15) is 26.6 Å². The number of carbonyl (C=O) groups excluding carboxylic acids is 1. The van der Waals surface area contributed by atoms with Gasteiger partial charge in [0.05, 0.1) is 18.5 Å². The summed E-state index contributed by atoms with van der Waals surface area (Å²) in [7, 11) is 1.46. The number of hydrogen-bond acceptors (Lipinski definition) is 4. The molecule has 0 aliphatic carbocycles. The van der Waals surface area contributed by atoms with Crippen molar-refractivity contribution in [3.8, 4) is 0 Å². The third-order valence-electron chi connectivity index (χ3n) is 3.17. The Bertz CT molecular complexity index is 758. The monoisotopic (exact) mass is 358 g/mol. The summed E-state index contributed by atoms with van der Waals surface area (Å²) in [6.07, 6.45) is -4.55. The lowest BCUT2D eigenvalue weighted by Gasteiger charge is -2.15. The number of thiazole rings is 1. The van der Waals surface area contributed by atoms with Crippen molar-refractivity contribution in [3.63, 3.8) is 0 Å². The smallest absolute Gasteiger partial charge is 0.434 e. The number of alkyl halides is 3. The van der Waals surface area contributed by atoms with Gasteiger partial charge in [-0.05, 0) is 17.7 Å². The minimum atomic E-state index is -4.51. The van der Waals surface area contributed by atoms with Gasteiger partial charge in [0.15, 0.2) is 5.69 Å². The van der Waals surface area contributed by atoms with Gasteiger partial charge in [0.1, 0.15) is 5.01 Å². The molecular formula is C15H13F3N2O3S. The number of carboxylic acids is 1. The van der Waals surface area contributed by atoms with Crippen LogP contribution in [0, 0.1) is 0 Å². The molecule has 0 atom stereocenters. The highest BCUT2D eigenvalue weighted by Gasteiger charge is 2.33. The van der Waals surface area contributed by atoms with Gasteiger partial charge in [-0.1, -0.05) is 12.1 Å². The maximum atomic E-state index is 12.5. The third kappa shape index (κ3) is 4.54. The van der Waals surface area contributed by atoms with Gasteiger partial charge >= 0.3 is 12.1 Å². The second-order valence-corrected chi connectivity index (χ2v) is 6.00. The maximum Gasteiger partial charge on any atom is 0.434 e. The number of benzene rings is 1. The van der Waals surface area contributed by atoms with Crippen molar-refractivity contribution in [1.29, 1.82) is 0 Å². The number of halogens is 3. The van der Waals surface area contributed by atoms with E-state index < -0.39 is 17.8 Å². The lowest BCUT2D eigenvalue weighted by Crippen LogP contribution is -2.27. The Morgan fingerprint density at radius 1 is 1.33 bits per heavy atom. The molecular weight excluding hydrogens is 345 g/mol. The lowest BCUT2D eigenvalue weighted by atomic mass is 10.1. The van der Waals surface area contributed by atoms with Crippen LogP contribution in [-0.4, -0.2) is 33.9 Å². The van der Waals surface area contributed by atoms with Crippen LogP contribution >= 0.6 is 11.3 Å². The molecule has 1 N–H and O–H groups in total. The molecule has 0 aliphatic heterocycles. The molecule has 0 aliphatic rings. The molecule has 128 valence electrons. The van der Waals surface area contributed by atoms with E-state index in [0.717, 1.165) is 16.7 Å². The number of nitrogens with zero attached hydrogens (tertiary/aromatic N) is 2. The molecule has 2 aromatic rings. The molecule has 5 nitrogen and oxygen atoms in total. The van der Waals surface area contributed by atoms with Crippen molar-refractivity contribution in [2.24, 2.45) is 0 Å². The van der Waals surface area contributed by atoms with Crippen molar-refractivity contribution < 1.29 is 27.9 Å². The number of hydrogen-bond donors (Lipinski definition) is 1. The Labute approximate surface area is 139 Å². The standard InChI is InChI=1S/C15H13F3N2O3S/c1-20(7-12-19-11(8-24-12)15(16,17)18)13(21)6-9-3-2-4-10(5-9)14(22)23/h2-5,8H,6-7H2,1H3,(H,22,23). The number of carbonyl (C=O) groups is 2. The first-order valence-corrected chi connectivity index (χ1v) is 7.62. The highest BCUT2D eigenvalue weighted by molar-refractivity contribution is 7.09. The first-order chi connectivity index (χ1) is 11.2. The summed E-state index contributed by atoms with van der Waals surface area (Å²) in [4.78, 5) is 27.8. The summed E-state index contributed by atoms with van der Waals surface area (Å²) >= 11 is 0.832. The van der Waals surface area contributed by atoms with Crippen LogP contribution < -0.4 is 0 Å². The molecule has 9 heteroatoms. The van der Waals surface area contributed by atoms with Gasteiger partial charge in [-0.15, -0.1) is 11.3 Å². The molecule has 1 amide bonds. The van der Waals surface area contributed by atoms with Crippen LogP contribution in [0.2, 0.25) is 0 Å². The number of rotatable bonds is 5. The van der Waals surface area contributed by atoms with Gasteiger partial charge in [-0.2, -0.15) is 13.2 Å². The van der Waals surface area contributed by atoms with Crippen LogP contribution in [0.4, 0.5) is 13.2 Å². The zero-order chi connectivity index (χ0) is 17.9. The summed E-state index contributed by atoms with van der Waals surface area (Å²) in [6, 6.07) is 5.94. The number of aromatic nitrogens is 1. The highest BCUT2D eigenvalue weighted by atomic mass is 32.1. The molecule has 24 heavy (non-hydrogen) atoms. The van der Waals surface area contributed by atoms with Crippen LogP contribution in [0.3, 0.4) is 0 Å². The summed E-state index contributed by atoms with van der Waals surface area (Å²) in [6.45, 7) is -0.0435. The van der Waals surface area contributed by atoms with Crippen molar-refractivity contribution in [2.45, 2.75) is 19.1 Å². The van der Waals surface area contributed by atoms with Gasteiger partial charge in [0.2, 0.25) is 5.91 Å². The van der Waals surface area contributed by atoms with Gasteiger partial charge < -0.3 is 10.0 Å². The predicted octanol–water partition coefficient (Wildman–Crippen LogP) is 3.06. The Kier molecular flexibility index (Phi) is 5.23. The topological polar surface area (TPSA) is 70.5 Å². The van der Waals surface area contributed by atoms with E-state index in [1.807, 2.05) is 0 Å². The van der Waals surface area contributed by atoms with E-state index in [1.165, 1.54) is 30.1 Å². The fourth-order valence-corrected chi connectivity index (χ4v) is 2.78. The molecule has 0 spiro atoms. The van der Waals surface area contributed by atoms with Gasteiger partial charge in [0.25, 0.3) is 0 Å². The summed E-state index contributed by atoms with van der Waals surface area (Å²) < 4.78 is 37.5. The molecule has 0 fully saturated rings. The summed E-state index contributed by atoms with van der Waals surface area (Å²) in [5.74, 6) is -1.44. The summed E-state index contributed by atoms with van der Waals surface area (Å²) in [5, 5.41) is 10.0. The zero-order valence-electron chi connectivity index (χ0n) is 12.5. The molecule has 2 rings (SSSR count). The van der Waals surface area contributed by atoms with Crippen molar-refractivity contribution >= 4 is 23.2 Å². The SMILES string of the molecule is CN(Cc1nc(C(F)(F)F)cs1)C(=O)Cc1cccc(C(=O)O)c1. The highest BCUT2D eigenvalue weighted by Crippen LogP contribution is 2.30. The van der Waals surface area contributed by atoms with E-state index in [-0.39, 0.29) is 29.4 Å². The fraction of sp³-hybridized carbons (Fsp3) is 0.267. The van der Waals surface area contributed by atoms with Gasteiger partial charge in [-0.3, -0.25) is 4.79 Å². The number of likely N-dealkylation sites (N-methyl/N-ethyl adjacent to an activating group) is 1. The van der Waals surface area contributed by atoms with Crippen LogP contribution in [0.25, 0.3) is 0 Å². The van der Waals surface area contributed by atoms with Crippen molar-refractivity contribution in [1.82, 2.24) is 9.88 Å². The molecule has 1 heterocycles. The Morgan fingerprint density at radius 3 is 2.62 bits per heavy atom. The quantitative estimate of drug-likeness (QED) is 0.892. The third-order valence-corrected chi connectivity index (χ3v) is 4.00. The van der Waals surface area contributed by atoms with E-state index in [0.29, 0.717) is 5.56 Å². The first kappa shape index (κ1) is 17.9. The largest absolute Gasteiger partial charge is 0.478 e. The number of carboxylic acid groups (broad SMARTS) is 1. The minimum Gasteiger partial charge on any atom is -0.478 e. The lowest BCUT2D eigenvalue weighted by molar-refractivity contribution is -0.140. The second kappa shape index (κ2) is 7.00. The van der Waals surface area contributed by atoms with E-state index in [1.54, 1.807) is 6.07 Å². The predicted molar refractivity (Wildman–Crippen MR) is 80.7 cm³/mol. The molecule has 0 saturated carbocycles. The first-order valence-electron chi connectivity index (χ1n) is 6.74. The molecule has 1 aromatic heterocycles. The summed E-state index contributed by atoms with van der Waals surface area (Å²) in [5.41, 5.74) is -0.392. The Balaban J connectivity index is 2.01. The number of amides is 1. The van der Waals surface area contributed by atoms with Crippen LogP contribution in [0.15, 0.2) is 29.6 Å². The molecule has 0 radical (unpaired) electrons. The second-order valence-electron chi connectivity index (χ2n) is 5.06. The number of aromatic carboxylic acids is 1. The Morgan fingerprint density at radius 2 is 2.04 bits per heavy atom. The van der Waals surface area contributed by atoms with E-state index >= 15 is 0 Å². The van der Waals surface area contributed by atoms with Crippen molar-refractivity contribution in [2.75, 3.05) is 7.05 Å². The van der Waals surface area contributed by atoms with Gasteiger partial charge in [0, 0.05) is 12.4 Å². The average molecular weight is 358 g/mol. The fourth-order valence-electron chi connectivity index (χ4n) is 1.93. The van der Waals surface area contributed by atoms with E-state index in [4.69, 9.17) is 5.11 Å². The molecule has 0 bridgehead atoms. The van der Waals surface area contributed by atoms with Crippen LogP contribution in [0.5, 0.6) is 0 Å². The minimum absolute atomic E-state index is 0.0435. The van der Waals surface area contributed by atoms with Crippen LogP contribution in [-0.2, 0) is 23.9 Å². The maximum absolute atomic E-state index is 12.5. The molecule has 0 unspecified atom stereocenters. The normalized spacial score (nSPS) is 11.3. The molecule has 0 saturated heterocycles. The zero-order valence-corrected chi connectivity index (χ0v) is 13.3. The van der Waals surface area contributed by atoms with Crippen molar-refractivity contribution in [3.05, 3.63) is 51.5 Å². The van der Waals surface area contributed by atoms with Gasteiger partial charge in [-0.25, -0.2) is 9.78 Å². The molecule has 1 aromatic carbocycles. The Hall–Kier alpha value is -2.42.